The number of ketones is 1. The number of pyridine rings is 1. The van der Waals surface area contributed by atoms with Gasteiger partial charge in [-0.2, -0.15) is 0 Å². The van der Waals surface area contributed by atoms with Gasteiger partial charge < -0.3 is 0 Å². The van der Waals surface area contributed by atoms with Crippen molar-refractivity contribution in [2.24, 2.45) is 0 Å². The molecule has 4 aromatic rings. The minimum absolute atomic E-state index is 0.0569. The second-order valence-electron chi connectivity index (χ2n) is 5.63. The average molecular weight is 309 g/mol. The number of carbonyl (C=O) groups excluding carboxylic acids is 1. The van der Waals surface area contributed by atoms with Gasteiger partial charge in [0.15, 0.2) is 0 Å². The SMILES string of the molecule is O=C(c1ccccc1)c1cc(-c2ccccc2)c2ccccc2n1. The van der Waals surface area contributed by atoms with Crippen molar-refractivity contribution in [1.82, 2.24) is 4.98 Å². The highest BCUT2D eigenvalue weighted by atomic mass is 16.1. The fourth-order valence-corrected chi connectivity index (χ4v) is 2.89. The fraction of sp³-hybridized carbons (Fsp3) is 0. The van der Waals surface area contributed by atoms with Gasteiger partial charge >= 0.3 is 0 Å². The van der Waals surface area contributed by atoms with Gasteiger partial charge in [-0.25, -0.2) is 4.98 Å². The van der Waals surface area contributed by atoms with Crippen molar-refractivity contribution < 1.29 is 4.79 Å². The van der Waals surface area contributed by atoms with E-state index in [1.54, 1.807) is 0 Å². The molecule has 0 amide bonds. The van der Waals surface area contributed by atoms with E-state index in [1.165, 1.54) is 0 Å². The molecule has 0 fully saturated rings. The van der Waals surface area contributed by atoms with Gasteiger partial charge in [0.25, 0.3) is 0 Å². The Kier molecular flexibility index (Phi) is 3.64. The van der Waals surface area contributed by atoms with Crippen molar-refractivity contribution in [2.45, 2.75) is 0 Å². The number of aromatic nitrogens is 1. The third-order valence-corrected chi connectivity index (χ3v) is 4.07. The van der Waals surface area contributed by atoms with Crippen LogP contribution in [-0.2, 0) is 0 Å². The van der Waals surface area contributed by atoms with Crippen LogP contribution in [0.3, 0.4) is 0 Å². The number of carbonyl (C=O) groups is 1. The lowest BCUT2D eigenvalue weighted by molar-refractivity contribution is 0.103. The molecule has 3 aromatic carbocycles. The quantitative estimate of drug-likeness (QED) is 0.491. The molecule has 1 aromatic heterocycles. The average Bonchev–Trinajstić information content (AvgIpc) is 2.68. The predicted molar refractivity (Wildman–Crippen MR) is 97.1 cm³/mol. The largest absolute Gasteiger partial charge is 0.287 e. The lowest BCUT2D eigenvalue weighted by Gasteiger charge is -2.09. The molecule has 0 aliphatic rings. The van der Waals surface area contributed by atoms with Crippen LogP contribution in [0.5, 0.6) is 0 Å². The Balaban J connectivity index is 1.94. The third-order valence-electron chi connectivity index (χ3n) is 4.07. The summed E-state index contributed by atoms with van der Waals surface area (Å²) < 4.78 is 0. The molecule has 0 aliphatic carbocycles. The normalized spacial score (nSPS) is 10.7. The lowest BCUT2D eigenvalue weighted by Crippen LogP contribution is -2.04. The Bertz CT molecular complexity index is 1010. The first kappa shape index (κ1) is 14.3. The highest BCUT2D eigenvalue weighted by molar-refractivity contribution is 6.10. The molecular weight excluding hydrogens is 294 g/mol. The highest BCUT2D eigenvalue weighted by Crippen LogP contribution is 2.29. The molecule has 0 spiro atoms. The molecule has 24 heavy (non-hydrogen) atoms. The van der Waals surface area contributed by atoms with E-state index in [0.29, 0.717) is 11.3 Å². The van der Waals surface area contributed by atoms with Crippen LogP contribution in [0.25, 0.3) is 22.0 Å². The fourth-order valence-electron chi connectivity index (χ4n) is 2.89. The molecule has 1 heterocycles. The van der Waals surface area contributed by atoms with Crippen LogP contribution in [0.4, 0.5) is 0 Å². The number of benzene rings is 3. The summed E-state index contributed by atoms with van der Waals surface area (Å²) in [7, 11) is 0. The summed E-state index contributed by atoms with van der Waals surface area (Å²) in [6.45, 7) is 0. The minimum Gasteiger partial charge on any atom is -0.287 e. The standard InChI is InChI=1S/C22H15NO/c24-22(17-11-5-2-6-12-17)21-15-19(16-9-3-1-4-10-16)18-13-7-8-14-20(18)23-21/h1-15H. The van der Waals surface area contributed by atoms with Crippen molar-refractivity contribution in [3.63, 3.8) is 0 Å². The zero-order chi connectivity index (χ0) is 16.4. The summed E-state index contributed by atoms with van der Waals surface area (Å²) in [5.41, 5.74) is 4.06. The Labute approximate surface area is 140 Å². The smallest absolute Gasteiger partial charge is 0.211 e. The molecule has 0 N–H and O–H groups in total. The zero-order valence-electron chi connectivity index (χ0n) is 13.0. The highest BCUT2D eigenvalue weighted by Gasteiger charge is 2.14. The first-order valence-electron chi connectivity index (χ1n) is 7.88. The second-order valence-corrected chi connectivity index (χ2v) is 5.63. The molecule has 0 saturated carbocycles. The molecule has 0 atom stereocenters. The van der Waals surface area contributed by atoms with E-state index in [4.69, 9.17) is 0 Å². The monoisotopic (exact) mass is 309 g/mol. The van der Waals surface area contributed by atoms with Crippen molar-refractivity contribution in [3.8, 4) is 11.1 Å². The van der Waals surface area contributed by atoms with Gasteiger partial charge in [-0.3, -0.25) is 4.79 Å². The van der Waals surface area contributed by atoms with Crippen molar-refractivity contribution >= 4 is 16.7 Å². The lowest BCUT2D eigenvalue weighted by atomic mass is 9.98. The van der Waals surface area contributed by atoms with Crippen LogP contribution in [-0.4, -0.2) is 10.8 Å². The van der Waals surface area contributed by atoms with Gasteiger partial charge in [-0.05, 0) is 23.3 Å². The molecule has 0 unspecified atom stereocenters. The van der Waals surface area contributed by atoms with E-state index in [2.05, 4.69) is 17.1 Å². The summed E-state index contributed by atoms with van der Waals surface area (Å²) >= 11 is 0. The molecular formula is C22H15NO. The number of hydrogen-bond donors (Lipinski definition) is 0. The van der Waals surface area contributed by atoms with E-state index in [0.717, 1.165) is 22.0 Å². The van der Waals surface area contributed by atoms with E-state index >= 15 is 0 Å². The minimum atomic E-state index is -0.0569. The van der Waals surface area contributed by atoms with E-state index in [-0.39, 0.29) is 5.78 Å². The molecule has 0 saturated heterocycles. The number of rotatable bonds is 3. The summed E-state index contributed by atoms with van der Waals surface area (Å²) in [6.07, 6.45) is 0. The maximum atomic E-state index is 12.8. The van der Waals surface area contributed by atoms with Crippen molar-refractivity contribution in [1.29, 1.82) is 0 Å². The Morgan fingerprint density at radius 3 is 2.08 bits per heavy atom. The van der Waals surface area contributed by atoms with Crippen LogP contribution in [0.1, 0.15) is 16.1 Å². The summed E-state index contributed by atoms with van der Waals surface area (Å²) in [6, 6.07) is 29.2. The van der Waals surface area contributed by atoms with Gasteiger partial charge in [-0.15, -0.1) is 0 Å². The first-order valence-corrected chi connectivity index (χ1v) is 7.88. The number of hydrogen-bond acceptors (Lipinski definition) is 2. The van der Waals surface area contributed by atoms with Crippen molar-refractivity contribution in [2.75, 3.05) is 0 Å². The molecule has 4 rings (SSSR count). The maximum Gasteiger partial charge on any atom is 0.211 e. The third kappa shape index (κ3) is 2.59. The van der Waals surface area contributed by atoms with Crippen LogP contribution in [0, 0.1) is 0 Å². The van der Waals surface area contributed by atoms with Crippen LogP contribution in [0.15, 0.2) is 91.0 Å². The first-order chi connectivity index (χ1) is 11.8. The zero-order valence-corrected chi connectivity index (χ0v) is 13.0. The van der Waals surface area contributed by atoms with E-state index in [1.807, 2.05) is 78.9 Å². The topological polar surface area (TPSA) is 30.0 Å². The summed E-state index contributed by atoms with van der Waals surface area (Å²) in [5, 5.41) is 1.05. The number of fused-ring (bicyclic) bond motifs is 1. The molecule has 0 bridgehead atoms. The molecule has 0 radical (unpaired) electrons. The summed E-state index contributed by atoms with van der Waals surface area (Å²) in [4.78, 5) is 17.4. The van der Waals surface area contributed by atoms with E-state index in [9.17, 15) is 4.79 Å². The molecule has 114 valence electrons. The Morgan fingerprint density at radius 1 is 0.708 bits per heavy atom. The van der Waals surface area contributed by atoms with Crippen LogP contribution in [0.2, 0.25) is 0 Å². The Hall–Kier alpha value is -3.26. The molecule has 2 heteroatoms. The Morgan fingerprint density at radius 2 is 1.33 bits per heavy atom. The number of nitrogens with zero attached hydrogens (tertiary/aromatic N) is 1. The van der Waals surface area contributed by atoms with Gasteiger partial charge in [0.05, 0.1) is 5.52 Å². The van der Waals surface area contributed by atoms with Crippen LogP contribution < -0.4 is 0 Å². The predicted octanol–water partition coefficient (Wildman–Crippen LogP) is 5.13. The number of para-hydroxylation sites is 1. The van der Waals surface area contributed by atoms with Crippen LogP contribution >= 0.6 is 0 Å². The summed E-state index contributed by atoms with van der Waals surface area (Å²) in [5.74, 6) is -0.0569. The van der Waals surface area contributed by atoms with Crippen molar-refractivity contribution in [3.05, 3.63) is 102 Å². The molecule has 0 aliphatic heterocycles. The van der Waals surface area contributed by atoms with Gasteiger partial charge in [0.1, 0.15) is 5.69 Å². The van der Waals surface area contributed by atoms with Gasteiger partial charge in [0.2, 0.25) is 5.78 Å². The van der Waals surface area contributed by atoms with Gasteiger partial charge in [-0.1, -0.05) is 78.9 Å². The maximum absolute atomic E-state index is 12.8. The van der Waals surface area contributed by atoms with Gasteiger partial charge in [0, 0.05) is 10.9 Å². The van der Waals surface area contributed by atoms with E-state index < -0.39 is 0 Å². The molecule has 2 nitrogen and oxygen atoms in total. The second kappa shape index (κ2) is 6.09.